The van der Waals surface area contributed by atoms with Crippen molar-refractivity contribution in [3.8, 4) is 5.75 Å². The van der Waals surface area contributed by atoms with Gasteiger partial charge in [0.05, 0.1) is 12.0 Å². The van der Waals surface area contributed by atoms with Crippen LogP contribution in [-0.2, 0) is 16.4 Å². The standard InChI is InChI=1S/C22H21BrN2O4S/c1-29-20-11-5-16(6-12-20)13-14-24-22(26)17-3-2-4-21(15-17)30(27,28)25-19-9-7-18(23)8-10-19/h2-12,15,25H,13-14H2,1H3,(H,24,26). The summed E-state index contributed by atoms with van der Waals surface area (Å²) < 4.78 is 33.8. The van der Waals surface area contributed by atoms with Crippen molar-refractivity contribution in [1.29, 1.82) is 0 Å². The van der Waals surface area contributed by atoms with Gasteiger partial charge in [0.1, 0.15) is 5.75 Å². The zero-order valence-corrected chi connectivity index (χ0v) is 18.7. The molecule has 0 aliphatic heterocycles. The average molecular weight is 489 g/mol. The number of halogens is 1. The number of nitrogens with one attached hydrogen (secondary N) is 2. The monoisotopic (exact) mass is 488 g/mol. The van der Waals surface area contributed by atoms with Gasteiger partial charge in [-0.3, -0.25) is 9.52 Å². The number of hydrogen-bond donors (Lipinski definition) is 2. The predicted molar refractivity (Wildman–Crippen MR) is 120 cm³/mol. The molecule has 0 fully saturated rings. The van der Waals surface area contributed by atoms with Crippen LogP contribution in [0.5, 0.6) is 5.75 Å². The van der Waals surface area contributed by atoms with Crippen molar-refractivity contribution in [3.63, 3.8) is 0 Å². The summed E-state index contributed by atoms with van der Waals surface area (Å²) in [5.41, 5.74) is 1.78. The highest BCUT2D eigenvalue weighted by atomic mass is 79.9. The summed E-state index contributed by atoms with van der Waals surface area (Å²) in [5, 5.41) is 2.82. The van der Waals surface area contributed by atoms with Crippen molar-refractivity contribution < 1.29 is 17.9 Å². The van der Waals surface area contributed by atoms with Gasteiger partial charge in [-0.1, -0.05) is 34.1 Å². The van der Waals surface area contributed by atoms with E-state index in [1.165, 1.54) is 12.1 Å². The summed E-state index contributed by atoms with van der Waals surface area (Å²) in [6.45, 7) is 0.430. The van der Waals surface area contributed by atoms with Crippen LogP contribution in [0.25, 0.3) is 0 Å². The van der Waals surface area contributed by atoms with Crippen molar-refractivity contribution in [3.05, 3.63) is 88.4 Å². The number of benzene rings is 3. The van der Waals surface area contributed by atoms with Crippen LogP contribution in [0.4, 0.5) is 5.69 Å². The highest BCUT2D eigenvalue weighted by molar-refractivity contribution is 9.10. The second-order valence-corrected chi connectivity index (χ2v) is 9.09. The van der Waals surface area contributed by atoms with Crippen LogP contribution in [0.1, 0.15) is 15.9 Å². The lowest BCUT2D eigenvalue weighted by atomic mass is 10.1. The summed E-state index contributed by atoms with van der Waals surface area (Å²) in [6.07, 6.45) is 0.652. The van der Waals surface area contributed by atoms with Crippen molar-refractivity contribution in [2.24, 2.45) is 0 Å². The minimum Gasteiger partial charge on any atom is -0.497 e. The van der Waals surface area contributed by atoms with E-state index in [9.17, 15) is 13.2 Å². The Bertz CT molecular complexity index is 1110. The van der Waals surface area contributed by atoms with Crippen LogP contribution in [0.15, 0.2) is 82.2 Å². The maximum atomic E-state index is 12.6. The number of rotatable bonds is 8. The Morgan fingerprint density at radius 3 is 2.37 bits per heavy atom. The van der Waals surface area contributed by atoms with E-state index in [0.717, 1.165) is 15.8 Å². The van der Waals surface area contributed by atoms with E-state index in [1.807, 2.05) is 24.3 Å². The van der Waals surface area contributed by atoms with Gasteiger partial charge in [0, 0.05) is 22.3 Å². The van der Waals surface area contributed by atoms with Crippen molar-refractivity contribution in [1.82, 2.24) is 5.32 Å². The van der Waals surface area contributed by atoms with Gasteiger partial charge < -0.3 is 10.1 Å². The predicted octanol–water partition coefficient (Wildman–Crippen LogP) is 4.23. The topological polar surface area (TPSA) is 84.5 Å². The molecule has 1 amide bonds. The molecular formula is C22H21BrN2O4S. The number of carbonyl (C=O) groups is 1. The lowest BCUT2D eigenvalue weighted by molar-refractivity contribution is 0.0954. The van der Waals surface area contributed by atoms with E-state index in [4.69, 9.17) is 4.74 Å². The fourth-order valence-corrected chi connectivity index (χ4v) is 4.12. The molecule has 0 radical (unpaired) electrons. The SMILES string of the molecule is COc1ccc(CCNC(=O)c2cccc(S(=O)(=O)Nc3ccc(Br)cc3)c2)cc1. The summed E-state index contributed by atoms with van der Waals surface area (Å²) in [7, 11) is -2.20. The Morgan fingerprint density at radius 2 is 1.70 bits per heavy atom. The maximum absolute atomic E-state index is 12.6. The fraction of sp³-hybridized carbons (Fsp3) is 0.136. The van der Waals surface area contributed by atoms with E-state index in [-0.39, 0.29) is 16.4 Å². The van der Waals surface area contributed by atoms with Crippen LogP contribution in [0.2, 0.25) is 0 Å². The summed E-state index contributed by atoms with van der Waals surface area (Å²) in [5.74, 6) is 0.446. The van der Waals surface area contributed by atoms with Crippen molar-refractivity contribution in [2.45, 2.75) is 11.3 Å². The Morgan fingerprint density at radius 1 is 1.00 bits per heavy atom. The first-order valence-electron chi connectivity index (χ1n) is 9.17. The van der Waals surface area contributed by atoms with E-state index >= 15 is 0 Å². The van der Waals surface area contributed by atoms with Gasteiger partial charge in [-0.2, -0.15) is 0 Å². The Hall–Kier alpha value is -2.84. The Labute approximate surface area is 184 Å². The minimum atomic E-state index is -3.81. The molecular weight excluding hydrogens is 468 g/mol. The number of anilines is 1. The summed E-state index contributed by atoms with van der Waals surface area (Å²) >= 11 is 3.31. The number of hydrogen-bond acceptors (Lipinski definition) is 4. The average Bonchev–Trinajstić information content (AvgIpc) is 2.76. The first-order valence-corrected chi connectivity index (χ1v) is 11.4. The lowest BCUT2D eigenvalue weighted by Gasteiger charge is -2.10. The molecule has 0 aliphatic rings. The number of ether oxygens (including phenoxy) is 1. The van der Waals surface area contributed by atoms with Crippen LogP contribution < -0.4 is 14.8 Å². The molecule has 0 saturated heterocycles. The van der Waals surface area contributed by atoms with Crippen LogP contribution in [0.3, 0.4) is 0 Å². The van der Waals surface area contributed by atoms with Gasteiger partial charge in [0.25, 0.3) is 15.9 Å². The molecule has 6 nitrogen and oxygen atoms in total. The minimum absolute atomic E-state index is 0.0215. The third-order valence-corrected chi connectivity index (χ3v) is 6.27. The zero-order chi connectivity index (χ0) is 21.6. The molecule has 3 aromatic rings. The highest BCUT2D eigenvalue weighted by Crippen LogP contribution is 2.19. The second-order valence-electron chi connectivity index (χ2n) is 6.49. The largest absolute Gasteiger partial charge is 0.497 e. The Kier molecular flexibility index (Phi) is 7.12. The molecule has 0 saturated carbocycles. The van der Waals surface area contributed by atoms with Crippen molar-refractivity contribution >= 4 is 37.5 Å². The highest BCUT2D eigenvalue weighted by Gasteiger charge is 2.16. The molecule has 0 aromatic heterocycles. The van der Waals surface area contributed by atoms with Crippen LogP contribution in [-0.4, -0.2) is 28.0 Å². The number of methoxy groups -OCH3 is 1. The maximum Gasteiger partial charge on any atom is 0.261 e. The molecule has 3 rings (SSSR count). The third-order valence-electron chi connectivity index (χ3n) is 4.36. The molecule has 0 spiro atoms. The van der Waals surface area contributed by atoms with E-state index in [0.29, 0.717) is 18.7 Å². The molecule has 3 aromatic carbocycles. The molecule has 156 valence electrons. The normalized spacial score (nSPS) is 11.0. The molecule has 0 aliphatic carbocycles. The van der Waals surface area contributed by atoms with Gasteiger partial charge in [-0.25, -0.2) is 8.42 Å². The number of amides is 1. The second kappa shape index (κ2) is 9.77. The fourth-order valence-electron chi connectivity index (χ4n) is 2.75. The summed E-state index contributed by atoms with van der Waals surface area (Å²) in [4.78, 5) is 12.5. The quantitative estimate of drug-likeness (QED) is 0.496. The van der Waals surface area contributed by atoms with Gasteiger partial charge >= 0.3 is 0 Å². The van der Waals surface area contributed by atoms with Crippen molar-refractivity contribution in [2.75, 3.05) is 18.4 Å². The van der Waals surface area contributed by atoms with E-state index in [2.05, 4.69) is 26.0 Å². The molecule has 8 heteroatoms. The first-order chi connectivity index (χ1) is 14.4. The smallest absolute Gasteiger partial charge is 0.261 e. The van der Waals surface area contributed by atoms with Gasteiger partial charge in [0.2, 0.25) is 0 Å². The molecule has 0 heterocycles. The number of carbonyl (C=O) groups excluding carboxylic acids is 1. The van der Waals surface area contributed by atoms with E-state index in [1.54, 1.807) is 43.5 Å². The lowest BCUT2D eigenvalue weighted by Crippen LogP contribution is -2.26. The number of sulfonamides is 1. The summed E-state index contributed by atoms with van der Waals surface area (Å²) in [6, 6.07) is 20.3. The first kappa shape index (κ1) is 21.9. The molecule has 0 unspecified atom stereocenters. The van der Waals surface area contributed by atoms with Crippen LogP contribution >= 0.6 is 15.9 Å². The van der Waals surface area contributed by atoms with Gasteiger partial charge in [-0.15, -0.1) is 0 Å². The van der Waals surface area contributed by atoms with E-state index < -0.39 is 10.0 Å². The van der Waals surface area contributed by atoms with Gasteiger partial charge in [-0.05, 0) is 66.6 Å². The molecule has 2 N–H and O–H groups in total. The zero-order valence-electron chi connectivity index (χ0n) is 16.3. The molecule has 30 heavy (non-hydrogen) atoms. The van der Waals surface area contributed by atoms with Gasteiger partial charge in [0.15, 0.2) is 0 Å². The molecule has 0 bridgehead atoms. The molecule has 0 atom stereocenters. The Balaban J connectivity index is 1.63. The van der Waals surface area contributed by atoms with Crippen LogP contribution in [0, 0.1) is 0 Å². The third kappa shape index (κ3) is 5.84.